The van der Waals surface area contributed by atoms with Crippen molar-refractivity contribution in [2.45, 2.75) is 61.7 Å². The SMILES string of the molecule is COC[C@]1(C)C/C=C\[C@H](O)[C@@H]2CC[C@H]2CN2C[C@@]3(CCCc4cc(Cl)ccc43)COc3ccc(cc32)C(=O)NS1(=O)=O. The molecule has 226 valence electrons. The lowest BCUT2D eigenvalue weighted by Crippen LogP contribution is -2.49. The number of hydrogen-bond acceptors (Lipinski definition) is 7. The summed E-state index contributed by atoms with van der Waals surface area (Å²) in [4.78, 5) is 15.7. The van der Waals surface area contributed by atoms with Gasteiger partial charge in [-0.1, -0.05) is 29.8 Å². The van der Waals surface area contributed by atoms with Gasteiger partial charge in [-0.2, -0.15) is 0 Å². The number of anilines is 1. The van der Waals surface area contributed by atoms with E-state index in [0.717, 1.165) is 42.8 Å². The van der Waals surface area contributed by atoms with Gasteiger partial charge in [0.1, 0.15) is 10.5 Å². The van der Waals surface area contributed by atoms with E-state index in [4.69, 9.17) is 21.1 Å². The van der Waals surface area contributed by atoms with Gasteiger partial charge >= 0.3 is 0 Å². The van der Waals surface area contributed by atoms with Gasteiger partial charge in [-0.25, -0.2) is 13.1 Å². The second-order valence-electron chi connectivity index (χ2n) is 12.7. The summed E-state index contributed by atoms with van der Waals surface area (Å²) in [6.45, 7) is 3.30. The van der Waals surface area contributed by atoms with Crippen molar-refractivity contribution in [2.75, 3.05) is 38.3 Å². The molecule has 0 unspecified atom stereocenters. The summed E-state index contributed by atoms with van der Waals surface area (Å²) in [5.74, 6) is 0.257. The Kier molecular flexibility index (Phi) is 7.83. The molecule has 2 aliphatic carbocycles. The van der Waals surface area contributed by atoms with Crippen molar-refractivity contribution in [3.8, 4) is 5.75 Å². The van der Waals surface area contributed by atoms with Crippen LogP contribution in [-0.4, -0.2) is 63.7 Å². The molecule has 0 radical (unpaired) electrons. The van der Waals surface area contributed by atoms with E-state index in [1.165, 1.54) is 18.2 Å². The van der Waals surface area contributed by atoms with Crippen molar-refractivity contribution in [3.63, 3.8) is 0 Å². The van der Waals surface area contributed by atoms with Gasteiger partial charge in [0.2, 0.25) is 10.0 Å². The van der Waals surface area contributed by atoms with Crippen LogP contribution in [0.3, 0.4) is 0 Å². The number of rotatable bonds is 2. The van der Waals surface area contributed by atoms with Gasteiger partial charge < -0.3 is 19.5 Å². The van der Waals surface area contributed by atoms with E-state index in [1.807, 2.05) is 6.07 Å². The predicted molar refractivity (Wildman–Crippen MR) is 163 cm³/mol. The van der Waals surface area contributed by atoms with Crippen molar-refractivity contribution < 1.29 is 27.8 Å². The number of halogens is 1. The molecule has 2 heterocycles. The number of nitrogens with one attached hydrogen (secondary N) is 1. The smallest absolute Gasteiger partial charge is 0.264 e. The van der Waals surface area contributed by atoms with Crippen LogP contribution in [0, 0.1) is 11.8 Å². The second-order valence-corrected chi connectivity index (χ2v) is 15.4. The minimum absolute atomic E-state index is 0.0561. The topological polar surface area (TPSA) is 105 Å². The van der Waals surface area contributed by atoms with Crippen LogP contribution in [0.15, 0.2) is 48.6 Å². The van der Waals surface area contributed by atoms with Crippen molar-refractivity contribution in [3.05, 3.63) is 70.3 Å². The molecule has 0 aromatic heterocycles. The predicted octanol–water partition coefficient (Wildman–Crippen LogP) is 4.62. The molecule has 1 amide bonds. The van der Waals surface area contributed by atoms with Crippen LogP contribution in [0.2, 0.25) is 5.02 Å². The minimum atomic E-state index is -4.15. The lowest BCUT2D eigenvalue weighted by Gasteiger charge is -2.45. The molecule has 5 atom stereocenters. The first kappa shape index (κ1) is 29.5. The number of allylic oxidation sites excluding steroid dienone is 1. The van der Waals surface area contributed by atoms with E-state index >= 15 is 0 Å². The first-order chi connectivity index (χ1) is 20.0. The third-order valence-corrected chi connectivity index (χ3v) is 12.1. The van der Waals surface area contributed by atoms with Crippen LogP contribution in [0.5, 0.6) is 5.75 Å². The van der Waals surface area contributed by atoms with Gasteiger partial charge in [-0.3, -0.25) is 4.79 Å². The van der Waals surface area contributed by atoms with Gasteiger partial charge in [0.25, 0.3) is 5.91 Å². The van der Waals surface area contributed by atoms with E-state index in [2.05, 4.69) is 21.8 Å². The molecule has 10 heteroatoms. The van der Waals surface area contributed by atoms with Crippen LogP contribution < -0.4 is 14.4 Å². The largest absolute Gasteiger partial charge is 0.490 e. The number of carbonyl (C=O) groups is 1. The maximum atomic E-state index is 13.5. The number of amides is 1. The molecular formula is C32H39ClN2O6S. The monoisotopic (exact) mass is 614 g/mol. The third-order valence-electron chi connectivity index (χ3n) is 9.88. The standard InChI is InChI=1S/C32H39ClN2O6S/c1-31(19-40-2)13-4-6-28(36)25-10-7-23(25)17-35-18-32(14-3-5-21-15-24(33)9-11-26(21)32)20-41-29-12-8-22(16-27(29)35)30(37)34-42(31,38)39/h4,6,8-9,11-12,15-16,23,25,28,36H,3,5,7,10,13-14,17-20H2,1-2H3,(H,34,37)/b6-4-/t23-,25+,28-,31-,32-/m0/s1. The quantitative estimate of drug-likeness (QED) is 0.476. The Morgan fingerprint density at radius 2 is 2.05 bits per heavy atom. The molecule has 0 saturated heterocycles. The number of aryl methyl sites for hydroxylation is 1. The molecule has 8 nitrogen and oxygen atoms in total. The van der Waals surface area contributed by atoms with Crippen molar-refractivity contribution >= 4 is 33.2 Å². The third kappa shape index (κ3) is 5.23. The van der Waals surface area contributed by atoms with Gasteiger partial charge in [-0.15, -0.1) is 0 Å². The van der Waals surface area contributed by atoms with E-state index < -0.39 is 26.8 Å². The molecule has 1 spiro atoms. The summed E-state index contributed by atoms with van der Waals surface area (Å²) >= 11 is 6.38. The summed E-state index contributed by atoms with van der Waals surface area (Å²) in [6.07, 6.45) is 7.63. The number of aliphatic hydroxyl groups is 1. The molecule has 1 fully saturated rings. The van der Waals surface area contributed by atoms with E-state index in [1.54, 1.807) is 37.3 Å². The minimum Gasteiger partial charge on any atom is -0.490 e. The van der Waals surface area contributed by atoms with Gasteiger partial charge in [0, 0.05) is 36.2 Å². The highest BCUT2D eigenvalue weighted by Crippen LogP contribution is 2.46. The lowest BCUT2D eigenvalue weighted by molar-refractivity contribution is 0.0455. The average Bonchev–Trinajstić information content (AvgIpc) is 3.07. The summed E-state index contributed by atoms with van der Waals surface area (Å²) in [5, 5.41) is 11.9. The number of benzene rings is 2. The molecule has 42 heavy (non-hydrogen) atoms. The molecule has 6 rings (SSSR count). The fourth-order valence-corrected chi connectivity index (χ4v) is 8.66. The summed E-state index contributed by atoms with van der Waals surface area (Å²) in [5.41, 5.74) is 3.23. The first-order valence-corrected chi connectivity index (χ1v) is 16.6. The number of ether oxygens (including phenoxy) is 2. The van der Waals surface area contributed by atoms with Gasteiger partial charge in [0.15, 0.2) is 0 Å². The normalized spacial score (nSPS) is 33.0. The Morgan fingerprint density at radius 1 is 1.21 bits per heavy atom. The number of nitrogens with zero attached hydrogens (tertiary/aromatic N) is 1. The van der Waals surface area contributed by atoms with Crippen molar-refractivity contribution in [1.29, 1.82) is 0 Å². The van der Waals surface area contributed by atoms with Crippen molar-refractivity contribution in [1.82, 2.24) is 4.72 Å². The molecule has 2 bridgehead atoms. The zero-order valence-electron chi connectivity index (χ0n) is 24.1. The Balaban J connectivity index is 1.43. The summed E-state index contributed by atoms with van der Waals surface area (Å²) < 4.78 is 39.7. The van der Waals surface area contributed by atoms with Crippen LogP contribution in [0.1, 0.15) is 60.5 Å². The fraction of sp³-hybridized carbons (Fsp3) is 0.531. The van der Waals surface area contributed by atoms with E-state index in [9.17, 15) is 18.3 Å². The molecule has 2 aromatic carbocycles. The number of aliphatic hydroxyl groups excluding tert-OH is 1. The maximum Gasteiger partial charge on any atom is 0.264 e. The fourth-order valence-electron chi connectivity index (χ4n) is 7.26. The first-order valence-electron chi connectivity index (χ1n) is 14.8. The molecule has 4 aliphatic rings. The summed E-state index contributed by atoms with van der Waals surface area (Å²) in [6, 6.07) is 11.3. The Labute approximate surface area is 253 Å². The zero-order valence-corrected chi connectivity index (χ0v) is 25.7. The molecular weight excluding hydrogens is 576 g/mol. The van der Waals surface area contributed by atoms with Crippen LogP contribution in [0.4, 0.5) is 5.69 Å². The highest BCUT2D eigenvalue weighted by Gasteiger charge is 2.45. The lowest BCUT2D eigenvalue weighted by atomic mass is 9.68. The van der Waals surface area contributed by atoms with Gasteiger partial charge in [0.05, 0.1) is 25.0 Å². The molecule has 2 aliphatic heterocycles. The van der Waals surface area contributed by atoms with E-state index in [-0.39, 0.29) is 35.8 Å². The van der Waals surface area contributed by atoms with Crippen LogP contribution in [-0.2, 0) is 26.6 Å². The van der Waals surface area contributed by atoms with Crippen LogP contribution >= 0.6 is 11.6 Å². The summed E-state index contributed by atoms with van der Waals surface area (Å²) in [7, 11) is -2.71. The number of fused-ring (bicyclic) bond motifs is 4. The van der Waals surface area contributed by atoms with Gasteiger partial charge in [-0.05, 0) is 98.7 Å². The van der Waals surface area contributed by atoms with E-state index in [0.29, 0.717) is 25.4 Å². The Morgan fingerprint density at radius 3 is 2.81 bits per heavy atom. The van der Waals surface area contributed by atoms with Crippen LogP contribution in [0.25, 0.3) is 0 Å². The van der Waals surface area contributed by atoms with Crippen molar-refractivity contribution in [2.24, 2.45) is 11.8 Å². The number of sulfonamides is 1. The Bertz CT molecular complexity index is 1510. The Hall–Kier alpha value is -2.59. The number of carbonyl (C=O) groups excluding carboxylic acids is 1. The maximum absolute atomic E-state index is 13.5. The second kappa shape index (κ2) is 11.2. The highest BCUT2D eigenvalue weighted by atomic mass is 35.5. The molecule has 2 aromatic rings. The number of methoxy groups -OCH3 is 1. The highest BCUT2D eigenvalue weighted by molar-refractivity contribution is 7.91. The molecule has 1 saturated carbocycles. The number of hydrogen-bond donors (Lipinski definition) is 2. The average molecular weight is 615 g/mol. The zero-order chi connectivity index (χ0) is 29.7. The molecule has 2 N–H and O–H groups in total.